The summed E-state index contributed by atoms with van der Waals surface area (Å²) in [5.74, 6) is 0.582. The fourth-order valence-corrected chi connectivity index (χ4v) is 3.85. The van der Waals surface area contributed by atoms with Crippen molar-refractivity contribution in [2.45, 2.75) is 26.3 Å². The molecule has 7 nitrogen and oxygen atoms in total. The minimum absolute atomic E-state index is 0.0401. The lowest BCUT2D eigenvalue weighted by Gasteiger charge is -2.23. The number of para-hydroxylation sites is 1. The largest absolute Gasteiger partial charge is 0.368 e. The third-order valence-corrected chi connectivity index (χ3v) is 6.24. The molecule has 3 N–H and O–H groups in total. The fraction of sp³-hybridized carbons (Fsp3) is 0.182. The number of nitrogen functional groups attached to an aromatic ring is 1. The van der Waals surface area contributed by atoms with Crippen LogP contribution in [-0.4, -0.2) is 19.5 Å². The molecule has 158 valence electrons. The summed E-state index contributed by atoms with van der Waals surface area (Å²) in [6.07, 6.45) is 0.596. The molecule has 0 saturated carbocycles. The minimum Gasteiger partial charge on any atom is -0.368 e. The van der Waals surface area contributed by atoms with E-state index in [1.165, 1.54) is 10.6 Å². The Morgan fingerprint density at radius 2 is 1.87 bits per heavy atom. The van der Waals surface area contributed by atoms with Gasteiger partial charge in [-0.25, -0.2) is 14.4 Å². The van der Waals surface area contributed by atoms with E-state index in [4.69, 9.17) is 10.7 Å². The number of anilines is 2. The average Bonchev–Trinajstić information content (AvgIpc) is 2.75. The lowest BCUT2D eigenvalue weighted by molar-refractivity contribution is 0.630. The summed E-state index contributed by atoms with van der Waals surface area (Å²) in [6, 6.07) is 13.2. The van der Waals surface area contributed by atoms with Crippen LogP contribution in [-0.2, 0) is 0 Å². The molecule has 0 bridgehead atoms. The molecule has 2 aromatic carbocycles. The number of rotatable bonds is 5. The molecule has 0 spiro atoms. The molecule has 4 aromatic rings. The Hall–Kier alpha value is -3.08. The molecule has 0 aliphatic heterocycles. The predicted molar refractivity (Wildman–Crippen MR) is 128 cm³/mol. The fourth-order valence-electron chi connectivity index (χ4n) is 3.46. The lowest BCUT2D eigenvalue weighted by atomic mass is 10.1. The highest BCUT2D eigenvalue weighted by atomic mass is 127. The Balaban J connectivity index is 1.96. The highest BCUT2D eigenvalue weighted by molar-refractivity contribution is 14.1. The molecule has 1 atom stereocenters. The molecule has 0 fully saturated rings. The number of nitrogens with one attached hydrogen (secondary N) is 1. The van der Waals surface area contributed by atoms with Gasteiger partial charge >= 0.3 is 0 Å². The summed E-state index contributed by atoms with van der Waals surface area (Å²) in [6.45, 7) is 3.82. The molecule has 0 aliphatic rings. The van der Waals surface area contributed by atoms with Crippen molar-refractivity contribution in [2.24, 2.45) is 0 Å². The van der Waals surface area contributed by atoms with Crippen molar-refractivity contribution in [3.8, 4) is 5.69 Å². The standard InChI is InChI=1S/C22H20FIN6O/c1-3-15(27-19-18(24)12(2)26-22(25)29-19)20-28-16-11-7-10-14(23)17(16)21(31)30(20)13-8-5-4-6-9-13/h4-11,15H,3H2,1-2H3,(H3,25,26,27,29). The van der Waals surface area contributed by atoms with Crippen LogP contribution in [0.4, 0.5) is 16.2 Å². The Bertz CT molecular complexity index is 1330. The SMILES string of the molecule is CCC(Nc1nc(N)nc(C)c1I)c1nc2cccc(F)c2c(=O)n1-c1ccccc1. The number of benzene rings is 2. The van der Waals surface area contributed by atoms with Crippen LogP contribution in [0.3, 0.4) is 0 Å². The van der Waals surface area contributed by atoms with E-state index in [-0.39, 0.29) is 17.4 Å². The van der Waals surface area contributed by atoms with Crippen molar-refractivity contribution in [3.05, 3.63) is 79.8 Å². The van der Waals surface area contributed by atoms with Crippen molar-refractivity contribution < 1.29 is 4.39 Å². The van der Waals surface area contributed by atoms with E-state index in [9.17, 15) is 9.18 Å². The first-order valence-electron chi connectivity index (χ1n) is 9.73. The monoisotopic (exact) mass is 530 g/mol. The summed E-state index contributed by atoms with van der Waals surface area (Å²) in [5.41, 5.74) is 7.04. The Morgan fingerprint density at radius 1 is 1.13 bits per heavy atom. The molecule has 9 heteroatoms. The summed E-state index contributed by atoms with van der Waals surface area (Å²) >= 11 is 2.15. The van der Waals surface area contributed by atoms with Gasteiger partial charge in [0.2, 0.25) is 5.95 Å². The van der Waals surface area contributed by atoms with E-state index in [0.717, 1.165) is 9.26 Å². The minimum atomic E-state index is -0.596. The number of nitrogens with two attached hydrogens (primary N) is 1. The molecular formula is C22H20FIN6O. The Kier molecular flexibility index (Phi) is 5.86. The summed E-state index contributed by atoms with van der Waals surface area (Å²) < 4.78 is 16.8. The number of halogens is 2. The smallest absolute Gasteiger partial charge is 0.269 e. The van der Waals surface area contributed by atoms with E-state index in [1.807, 2.05) is 32.0 Å². The topological polar surface area (TPSA) is 98.7 Å². The number of aromatic nitrogens is 4. The van der Waals surface area contributed by atoms with Crippen molar-refractivity contribution >= 4 is 45.3 Å². The zero-order valence-corrected chi connectivity index (χ0v) is 19.1. The van der Waals surface area contributed by atoms with Gasteiger partial charge in [0.05, 0.1) is 26.5 Å². The predicted octanol–water partition coefficient (Wildman–Crippen LogP) is 4.37. The van der Waals surface area contributed by atoms with Gasteiger partial charge in [-0.2, -0.15) is 4.98 Å². The van der Waals surface area contributed by atoms with Gasteiger partial charge in [-0.1, -0.05) is 31.2 Å². The van der Waals surface area contributed by atoms with Gasteiger partial charge in [-0.05, 0) is 60.2 Å². The zero-order chi connectivity index (χ0) is 22.1. The first kappa shape index (κ1) is 21.2. The van der Waals surface area contributed by atoms with Gasteiger partial charge in [0, 0.05) is 0 Å². The first-order valence-corrected chi connectivity index (χ1v) is 10.8. The van der Waals surface area contributed by atoms with Crippen molar-refractivity contribution in [1.29, 1.82) is 0 Å². The highest BCUT2D eigenvalue weighted by Crippen LogP contribution is 2.27. The van der Waals surface area contributed by atoms with Gasteiger partial charge in [0.1, 0.15) is 22.8 Å². The molecule has 2 heterocycles. The summed E-state index contributed by atoms with van der Waals surface area (Å²) in [5, 5.41) is 3.32. The molecule has 2 aromatic heterocycles. The van der Waals surface area contributed by atoms with Gasteiger partial charge in [-0.15, -0.1) is 0 Å². The molecule has 4 rings (SSSR count). The Labute approximate surface area is 191 Å². The number of hydrogen-bond donors (Lipinski definition) is 2. The summed E-state index contributed by atoms with van der Waals surface area (Å²) in [7, 11) is 0. The van der Waals surface area contributed by atoms with Crippen molar-refractivity contribution in [2.75, 3.05) is 11.1 Å². The van der Waals surface area contributed by atoms with E-state index in [2.05, 4.69) is 37.9 Å². The number of fused-ring (bicyclic) bond motifs is 1. The maximum absolute atomic E-state index is 14.5. The normalized spacial score (nSPS) is 12.1. The third-order valence-electron chi connectivity index (χ3n) is 4.95. The maximum Gasteiger partial charge on any atom is 0.269 e. The Morgan fingerprint density at radius 3 is 2.58 bits per heavy atom. The quantitative estimate of drug-likeness (QED) is 0.372. The van der Waals surface area contributed by atoms with E-state index in [1.54, 1.807) is 24.3 Å². The van der Waals surface area contributed by atoms with E-state index in [0.29, 0.717) is 29.3 Å². The van der Waals surface area contributed by atoms with Crippen LogP contribution < -0.4 is 16.6 Å². The maximum atomic E-state index is 14.5. The molecule has 0 radical (unpaired) electrons. The van der Waals surface area contributed by atoms with Crippen LogP contribution in [0, 0.1) is 16.3 Å². The van der Waals surface area contributed by atoms with Gasteiger partial charge in [-0.3, -0.25) is 9.36 Å². The third kappa shape index (κ3) is 3.97. The van der Waals surface area contributed by atoms with Crippen LogP contribution in [0.1, 0.15) is 30.9 Å². The molecule has 0 amide bonds. The van der Waals surface area contributed by atoms with Gasteiger partial charge < -0.3 is 11.1 Å². The number of aryl methyl sites for hydroxylation is 1. The summed E-state index contributed by atoms with van der Waals surface area (Å²) in [4.78, 5) is 26.6. The first-order chi connectivity index (χ1) is 14.9. The second-order valence-electron chi connectivity index (χ2n) is 7.02. The average molecular weight is 530 g/mol. The second kappa shape index (κ2) is 8.58. The highest BCUT2D eigenvalue weighted by Gasteiger charge is 2.23. The second-order valence-corrected chi connectivity index (χ2v) is 8.09. The van der Waals surface area contributed by atoms with Crippen LogP contribution in [0.2, 0.25) is 0 Å². The molecule has 1 unspecified atom stereocenters. The lowest BCUT2D eigenvalue weighted by Crippen LogP contribution is -2.29. The zero-order valence-electron chi connectivity index (χ0n) is 16.9. The van der Waals surface area contributed by atoms with Gasteiger partial charge in [0.25, 0.3) is 5.56 Å². The van der Waals surface area contributed by atoms with Gasteiger partial charge in [0.15, 0.2) is 0 Å². The molecule has 0 aliphatic carbocycles. The van der Waals surface area contributed by atoms with E-state index >= 15 is 0 Å². The molecular weight excluding hydrogens is 510 g/mol. The van der Waals surface area contributed by atoms with Crippen LogP contribution in [0.5, 0.6) is 0 Å². The van der Waals surface area contributed by atoms with Crippen LogP contribution in [0.15, 0.2) is 53.3 Å². The van der Waals surface area contributed by atoms with Crippen molar-refractivity contribution in [1.82, 2.24) is 19.5 Å². The molecule has 31 heavy (non-hydrogen) atoms. The van der Waals surface area contributed by atoms with E-state index < -0.39 is 11.4 Å². The van der Waals surface area contributed by atoms with Crippen LogP contribution >= 0.6 is 22.6 Å². The van der Waals surface area contributed by atoms with Crippen molar-refractivity contribution in [3.63, 3.8) is 0 Å². The number of hydrogen-bond acceptors (Lipinski definition) is 6. The molecule has 0 saturated heterocycles. The van der Waals surface area contributed by atoms with Crippen LogP contribution in [0.25, 0.3) is 16.6 Å². The number of nitrogens with zero attached hydrogens (tertiary/aromatic N) is 4.